The Morgan fingerprint density at radius 2 is 1.92 bits per heavy atom. The summed E-state index contributed by atoms with van der Waals surface area (Å²) in [5, 5.41) is 18.7. The van der Waals surface area contributed by atoms with E-state index in [0.29, 0.717) is 11.0 Å². The Labute approximate surface area is 151 Å². The third-order valence-electron chi connectivity index (χ3n) is 4.06. The van der Waals surface area contributed by atoms with Crippen LogP contribution in [0.5, 0.6) is 5.75 Å². The summed E-state index contributed by atoms with van der Waals surface area (Å²) in [5.74, 6) is 1.23. The molecule has 25 heavy (non-hydrogen) atoms. The molecule has 2 aromatic rings. The van der Waals surface area contributed by atoms with Crippen molar-refractivity contribution in [3.8, 4) is 17.1 Å². The number of aliphatic hydroxyl groups excluding tert-OH is 1. The second-order valence-corrected chi connectivity index (χ2v) is 9.66. The lowest BCUT2D eigenvalue weighted by Crippen LogP contribution is -2.21. The number of benzene rings is 1. The molecule has 0 unspecified atom stereocenters. The molecule has 1 fully saturated rings. The first-order valence-electron chi connectivity index (χ1n) is 7.95. The lowest BCUT2D eigenvalue weighted by Gasteiger charge is -2.16. The second kappa shape index (κ2) is 6.97. The molecule has 0 saturated carbocycles. The van der Waals surface area contributed by atoms with Crippen molar-refractivity contribution in [3.05, 3.63) is 24.3 Å². The highest BCUT2D eigenvalue weighted by Gasteiger charge is 2.38. The van der Waals surface area contributed by atoms with Crippen LogP contribution >= 0.6 is 11.8 Å². The maximum absolute atomic E-state index is 11.7. The molecule has 2 atom stereocenters. The van der Waals surface area contributed by atoms with Gasteiger partial charge in [-0.25, -0.2) is 8.42 Å². The number of rotatable bonds is 5. The van der Waals surface area contributed by atoms with E-state index in [2.05, 4.69) is 10.2 Å². The molecular weight excluding hydrogens is 362 g/mol. The summed E-state index contributed by atoms with van der Waals surface area (Å²) < 4.78 is 30.6. The predicted octanol–water partition coefficient (Wildman–Crippen LogP) is 1.78. The number of aromatic nitrogens is 3. The molecule has 0 radical (unpaired) electrons. The Kier molecular flexibility index (Phi) is 5.08. The van der Waals surface area contributed by atoms with E-state index >= 15 is 0 Å². The number of ether oxygens (including phenoxy) is 1. The number of hydrogen-bond acceptors (Lipinski definition) is 7. The van der Waals surface area contributed by atoms with Crippen LogP contribution < -0.4 is 4.74 Å². The number of nitrogens with zero attached hydrogens (tertiary/aromatic N) is 3. The van der Waals surface area contributed by atoms with E-state index in [4.69, 9.17) is 4.74 Å². The van der Waals surface area contributed by atoms with Gasteiger partial charge in [0.1, 0.15) is 5.75 Å². The molecule has 1 N–H and O–H groups in total. The minimum atomic E-state index is -3.19. The van der Waals surface area contributed by atoms with Crippen LogP contribution in [-0.2, 0) is 9.84 Å². The molecule has 0 aliphatic carbocycles. The fourth-order valence-electron chi connectivity index (χ4n) is 2.80. The SMILES string of the molecule is COc1ccc(-c2nnc(S[C@H]3CS(=O)(=O)C[C@@H]3O)n2C(C)C)cc1. The van der Waals surface area contributed by atoms with E-state index in [0.717, 1.165) is 11.3 Å². The van der Waals surface area contributed by atoms with E-state index in [1.807, 2.05) is 42.7 Å². The zero-order valence-corrected chi connectivity index (χ0v) is 15.9. The number of sulfone groups is 1. The third-order valence-corrected chi connectivity index (χ3v) is 7.26. The molecule has 136 valence electrons. The summed E-state index contributed by atoms with van der Waals surface area (Å²) in [5.41, 5.74) is 0.897. The summed E-state index contributed by atoms with van der Waals surface area (Å²) in [7, 11) is -1.58. The van der Waals surface area contributed by atoms with Gasteiger partial charge in [0.15, 0.2) is 20.8 Å². The zero-order valence-electron chi connectivity index (χ0n) is 14.3. The van der Waals surface area contributed by atoms with Gasteiger partial charge in [0.05, 0.1) is 30.0 Å². The van der Waals surface area contributed by atoms with Crippen LogP contribution in [0.1, 0.15) is 19.9 Å². The molecule has 1 aliphatic rings. The predicted molar refractivity (Wildman–Crippen MR) is 96.7 cm³/mol. The molecule has 3 rings (SSSR count). The van der Waals surface area contributed by atoms with Crippen LogP contribution in [0.25, 0.3) is 11.4 Å². The molecule has 1 aromatic carbocycles. The number of methoxy groups -OCH3 is 1. The van der Waals surface area contributed by atoms with E-state index in [1.54, 1.807) is 7.11 Å². The van der Waals surface area contributed by atoms with Crippen molar-refractivity contribution in [2.24, 2.45) is 0 Å². The van der Waals surface area contributed by atoms with Crippen LogP contribution in [0, 0.1) is 0 Å². The van der Waals surface area contributed by atoms with Gasteiger partial charge in [-0.15, -0.1) is 10.2 Å². The maximum atomic E-state index is 11.7. The third kappa shape index (κ3) is 3.83. The van der Waals surface area contributed by atoms with E-state index in [9.17, 15) is 13.5 Å². The summed E-state index contributed by atoms with van der Waals surface area (Å²) in [6, 6.07) is 7.62. The van der Waals surface area contributed by atoms with Crippen molar-refractivity contribution in [1.82, 2.24) is 14.8 Å². The highest BCUT2D eigenvalue weighted by Crippen LogP contribution is 2.34. The van der Waals surface area contributed by atoms with Crippen LogP contribution in [0.4, 0.5) is 0 Å². The van der Waals surface area contributed by atoms with E-state index < -0.39 is 21.2 Å². The second-order valence-electron chi connectivity index (χ2n) is 6.30. The zero-order chi connectivity index (χ0) is 18.2. The Balaban J connectivity index is 1.92. The first-order chi connectivity index (χ1) is 11.8. The van der Waals surface area contributed by atoms with Gasteiger partial charge in [0, 0.05) is 11.6 Å². The van der Waals surface area contributed by atoms with Crippen LogP contribution in [0.15, 0.2) is 29.4 Å². The highest BCUT2D eigenvalue weighted by molar-refractivity contribution is 8.01. The van der Waals surface area contributed by atoms with Crippen LogP contribution in [0.2, 0.25) is 0 Å². The van der Waals surface area contributed by atoms with Crippen molar-refractivity contribution < 1.29 is 18.3 Å². The van der Waals surface area contributed by atoms with Crippen LogP contribution in [0.3, 0.4) is 0 Å². The van der Waals surface area contributed by atoms with Gasteiger partial charge in [-0.1, -0.05) is 11.8 Å². The van der Waals surface area contributed by atoms with Gasteiger partial charge in [-0.05, 0) is 38.1 Å². The van der Waals surface area contributed by atoms with Gasteiger partial charge in [0.2, 0.25) is 0 Å². The monoisotopic (exact) mass is 383 g/mol. The van der Waals surface area contributed by atoms with Crippen molar-refractivity contribution in [2.45, 2.75) is 36.4 Å². The minimum Gasteiger partial charge on any atom is -0.497 e. The average Bonchev–Trinajstić information content (AvgIpc) is 3.08. The molecule has 1 saturated heterocycles. The quantitative estimate of drug-likeness (QED) is 0.841. The summed E-state index contributed by atoms with van der Waals surface area (Å²) in [6.07, 6.45) is -0.878. The fraction of sp³-hybridized carbons (Fsp3) is 0.500. The summed E-state index contributed by atoms with van der Waals surface area (Å²) in [4.78, 5) is 0. The molecule has 0 amide bonds. The topological polar surface area (TPSA) is 94.3 Å². The van der Waals surface area contributed by atoms with E-state index in [1.165, 1.54) is 11.8 Å². The van der Waals surface area contributed by atoms with Gasteiger partial charge in [-0.2, -0.15) is 0 Å². The Morgan fingerprint density at radius 1 is 1.24 bits per heavy atom. The molecule has 7 nitrogen and oxygen atoms in total. The van der Waals surface area contributed by atoms with Gasteiger partial charge in [-0.3, -0.25) is 4.57 Å². The molecule has 0 bridgehead atoms. The normalized spacial score (nSPS) is 22.4. The van der Waals surface area contributed by atoms with Crippen molar-refractivity contribution in [2.75, 3.05) is 18.6 Å². The first kappa shape index (κ1) is 18.2. The van der Waals surface area contributed by atoms with Crippen molar-refractivity contribution in [1.29, 1.82) is 0 Å². The minimum absolute atomic E-state index is 0.0400. The summed E-state index contributed by atoms with van der Waals surface area (Å²) in [6.45, 7) is 4.03. The molecular formula is C16H21N3O4S2. The largest absolute Gasteiger partial charge is 0.497 e. The first-order valence-corrected chi connectivity index (χ1v) is 10.7. The van der Waals surface area contributed by atoms with Gasteiger partial charge >= 0.3 is 0 Å². The number of thioether (sulfide) groups is 1. The molecule has 1 aromatic heterocycles. The lowest BCUT2D eigenvalue weighted by molar-refractivity contribution is 0.207. The Morgan fingerprint density at radius 3 is 2.44 bits per heavy atom. The average molecular weight is 383 g/mol. The van der Waals surface area contributed by atoms with E-state index in [-0.39, 0.29) is 17.5 Å². The molecule has 0 spiro atoms. The highest BCUT2D eigenvalue weighted by atomic mass is 32.2. The smallest absolute Gasteiger partial charge is 0.192 e. The molecule has 9 heteroatoms. The van der Waals surface area contributed by atoms with Crippen molar-refractivity contribution in [3.63, 3.8) is 0 Å². The Bertz CT molecular complexity index is 847. The molecule has 1 aliphatic heterocycles. The summed E-state index contributed by atoms with van der Waals surface area (Å²) >= 11 is 1.28. The number of hydrogen-bond donors (Lipinski definition) is 1. The maximum Gasteiger partial charge on any atom is 0.192 e. The van der Waals surface area contributed by atoms with Crippen molar-refractivity contribution >= 4 is 21.6 Å². The standard InChI is InChI=1S/C16H21N3O4S2/c1-10(2)19-15(11-4-6-12(23-3)7-5-11)17-18-16(19)24-14-9-25(21,22)8-13(14)20/h4-7,10,13-14,20H,8-9H2,1-3H3/t13-,14-/m0/s1. The van der Waals surface area contributed by atoms with Gasteiger partial charge < -0.3 is 9.84 Å². The lowest BCUT2D eigenvalue weighted by atomic mass is 10.2. The Hall–Kier alpha value is -1.58. The fourth-order valence-corrected chi connectivity index (χ4v) is 6.45. The van der Waals surface area contributed by atoms with Gasteiger partial charge in [0.25, 0.3) is 0 Å². The number of aliphatic hydroxyl groups is 1. The molecule has 2 heterocycles. The van der Waals surface area contributed by atoms with Crippen LogP contribution in [-0.4, -0.2) is 58.3 Å².